The maximum absolute atomic E-state index is 11.6. The molecule has 1 aromatic carbocycles. The Morgan fingerprint density at radius 3 is 2.62 bits per heavy atom. The molecule has 0 bridgehead atoms. The van der Waals surface area contributed by atoms with Crippen LogP contribution in [-0.2, 0) is 11.2 Å². The summed E-state index contributed by atoms with van der Waals surface area (Å²) < 4.78 is 0. The summed E-state index contributed by atoms with van der Waals surface area (Å²) >= 11 is 5.93. The zero-order valence-corrected chi connectivity index (χ0v) is 9.44. The van der Waals surface area contributed by atoms with Crippen LogP contribution in [0.5, 0.6) is 0 Å². The normalized spacial score (nSPS) is 19.9. The molecule has 1 aromatic rings. The molecule has 82 valence electrons. The summed E-state index contributed by atoms with van der Waals surface area (Å²) in [5.41, 5.74) is 1.81. The molecule has 4 heteroatoms. The van der Waals surface area contributed by atoms with Gasteiger partial charge < -0.3 is 4.90 Å². The molecule has 0 N–H and O–H groups in total. The quantitative estimate of drug-likeness (QED) is 0.736. The van der Waals surface area contributed by atoms with Crippen molar-refractivity contribution in [2.24, 2.45) is 0 Å². The lowest BCUT2D eigenvalue weighted by Gasteiger charge is -2.15. The number of anilines is 1. The molecule has 0 saturated carbocycles. The van der Waals surface area contributed by atoms with Gasteiger partial charge in [0.2, 0.25) is 5.91 Å². The van der Waals surface area contributed by atoms with Crippen molar-refractivity contribution < 1.29 is 4.79 Å². The van der Waals surface area contributed by atoms with Gasteiger partial charge >= 0.3 is 0 Å². The second-order valence-electron chi connectivity index (χ2n) is 3.81. The smallest absolute Gasteiger partial charge is 0.228 e. The molecule has 1 aliphatic rings. The lowest BCUT2D eigenvalue weighted by molar-refractivity contribution is -0.117. The minimum atomic E-state index is -0.0914. The first-order valence-electron chi connectivity index (χ1n) is 5.11. The van der Waals surface area contributed by atoms with Crippen LogP contribution in [0.1, 0.15) is 12.0 Å². The van der Waals surface area contributed by atoms with Gasteiger partial charge in [-0.15, -0.1) is 11.6 Å². The van der Waals surface area contributed by atoms with E-state index in [1.807, 2.05) is 24.3 Å². The van der Waals surface area contributed by atoms with Crippen molar-refractivity contribution in [3.63, 3.8) is 0 Å². The highest BCUT2D eigenvalue weighted by Crippen LogP contribution is 2.24. The largest absolute Gasteiger partial charge is 0.311 e. The maximum Gasteiger partial charge on any atom is 0.228 e. The van der Waals surface area contributed by atoms with Crippen molar-refractivity contribution in [2.75, 3.05) is 11.4 Å². The van der Waals surface area contributed by atoms with E-state index in [-0.39, 0.29) is 11.3 Å². The standard InChI is InChI=1S/C12H11ClN2O/c13-10-7-12(16)15(8-10)11-3-1-9(2-4-11)5-6-14/h1-4,10H,5,7-8H2. The summed E-state index contributed by atoms with van der Waals surface area (Å²) in [4.78, 5) is 13.3. The highest BCUT2D eigenvalue weighted by molar-refractivity contribution is 6.24. The van der Waals surface area contributed by atoms with Crippen LogP contribution in [0, 0.1) is 11.3 Å². The van der Waals surface area contributed by atoms with Crippen LogP contribution < -0.4 is 4.90 Å². The van der Waals surface area contributed by atoms with Crippen molar-refractivity contribution >= 4 is 23.2 Å². The summed E-state index contributed by atoms with van der Waals surface area (Å²) in [5, 5.41) is 8.45. The van der Waals surface area contributed by atoms with Gasteiger partial charge in [0.25, 0.3) is 0 Å². The van der Waals surface area contributed by atoms with Gasteiger partial charge in [-0.25, -0.2) is 0 Å². The molecule has 1 heterocycles. The molecule has 1 atom stereocenters. The van der Waals surface area contributed by atoms with E-state index in [0.717, 1.165) is 11.3 Å². The number of rotatable bonds is 2. The number of nitrogens with zero attached hydrogens (tertiary/aromatic N) is 2. The summed E-state index contributed by atoms with van der Waals surface area (Å²) in [7, 11) is 0. The van der Waals surface area contributed by atoms with E-state index in [1.165, 1.54) is 0 Å². The second-order valence-corrected chi connectivity index (χ2v) is 4.42. The topological polar surface area (TPSA) is 44.1 Å². The Morgan fingerprint density at radius 1 is 1.44 bits per heavy atom. The predicted molar refractivity (Wildman–Crippen MR) is 62.4 cm³/mol. The Hall–Kier alpha value is -1.53. The number of carbonyl (C=O) groups is 1. The highest BCUT2D eigenvalue weighted by atomic mass is 35.5. The molecule has 1 saturated heterocycles. The SMILES string of the molecule is N#CCc1ccc(N2CC(Cl)CC2=O)cc1. The van der Waals surface area contributed by atoms with Crippen LogP contribution in [-0.4, -0.2) is 17.8 Å². The number of halogens is 1. The number of alkyl halides is 1. The van der Waals surface area contributed by atoms with Crippen molar-refractivity contribution in [3.8, 4) is 6.07 Å². The third kappa shape index (κ3) is 2.17. The molecule has 16 heavy (non-hydrogen) atoms. The van der Waals surface area contributed by atoms with Crippen LogP contribution in [0.4, 0.5) is 5.69 Å². The average molecular weight is 235 g/mol. The molecule has 0 aliphatic carbocycles. The highest BCUT2D eigenvalue weighted by Gasteiger charge is 2.28. The minimum absolute atomic E-state index is 0.0630. The van der Waals surface area contributed by atoms with Crippen LogP contribution in [0.2, 0.25) is 0 Å². The van der Waals surface area contributed by atoms with Gasteiger partial charge in [-0.1, -0.05) is 12.1 Å². The number of hydrogen-bond donors (Lipinski definition) is 0. The van der Waals surface area contributed by atoms with E-state index in [9.17, 15) is 4.79 Å². The van der Waals surface area contributed by atoms with E-state index in [0.29, 0.717) is 19.4 Å². The Balaban J connectivity index is 2.16. The first kappa shape index (κ1) is 11.0. The van der Waals surface area contributed by atoms with Gasteiger partial charge in [0.05, 0.1) is 17.9 Å². The number of amides is 1. The molecular formula is C12H11ClN2O. The fourth-order valence-electron chi connectivity index (χ4n) is 1.80. The molecule has 2 rings (SSSR count). The number of benzene rings is 1. The lowest BCUT2D eigenvalue weighted by atomic mass is 10.1. The van der Waals surface area contributed by atoms with E-state index >= 15 is 0 Å². The Labute approximate surface area is 99.2 Å². The lowest BCUT2D eigenvalue weighted by Crippen LogP contribution is -2.24. The molecule has 1 amide bonds. The molecule has 1 aliphatic heterocycles. The fourth-order valence-corrected chi connectivity index (χ4v) is 2.07. The number of hydrogen-bond acceptors (Lipinski definition) is 2. The van der Waals surface area contributed by atoms with Crippen molar-refractivity contribution in [1.82, 2.24) is 0 Å². The van der Waals surface area contributed by atoms with E-state index in [2.05, 4.69) is 6.07 Å². The van der Waals surface area contributed by atoms with Gasteiger partial charge in [0.15, 0.2) is 0 Å². The Morgan fingerprint density at radius 2 is 2.12 bits per heavy atom. The maximum atomic E-state index is 11.6. The third-order valence-corrected chi connectivity index (χ3v) is 2.90. The number of nitriles is 1. The van der Waals surface area contributed by atoms with Crippen LogP contribution in [0.25, 0.3) is 0 Å². The predicted octanol–water partition coefficient (Wildman–Crippen LogP) is 2.10. The van der Waals surface area contributed by atoms with Gasteiger partial charge in [0, 0.05) is 18.7 Å². The molecule has 0 radical (unpaired) electrons. The summed E-state index contributed by atoms with van der Waals surface area (Å²) in [6, 6.07) is 9.55. The molecule has 1 fully saturated rings. The zero-order chi connectivity index (χ0) is 11.5. The summed E-state index contributed by atoms with van der Waals surface area (Å²) in [6.07, 6.45) is 0.799. The van der Waals surface area contributed by atoms with Crippen molar-refractivity contribution in [3.05, 3.63) is 29.8 Å². The molecular weight excluding hydrogens is 224 g/mol. The molecule has 3 nitrogen and oxygen atoms in total. The van der Waals surface area contributed by atoms with Crippen molar-refractivity contribution in [1.29, 1.82) is 5.26 Å². The van der Waals surface area contributed by atoms with Gasteiger partial charge in [-0.2, -0.15) is 5.26 Å². The van der Waals surface area contributed by atoms with Gasteiger partial charge in [0.1, 0.15) is 0 Å². The average Bonchev–Trinajstić information content (AvgIpc) is 2.59. The molecule has 1 unspecified atom stereocenters. The first-order chi connectivity index (χ1) is 7.70. The van der Waals surface area contributed by atoms with E-state index in [4.69, 9.17) is 16.9 Å². The zero-order valence-electron chi connectivity index (χ0n) is 8.69. The van der Waals surface area contributed by atoms with E-state index in [1.54, 1.807) is 4.90 Å². The summed E-state index contributed by atoms with van der Waals surface area (Å²) in [6.45, 7) is 0.567. The third-order valence-electron chi connectivity index (χ3n) is 2.61. The summed E-state index contributed by atoms with van der Waals surface area (Å²) in [5.74, 6) is 0.0630. The van der Waals surface area contributed by atoms with Crippen LogP contribution in [0.15, 0.2) is 24.3 Å². The van der Waals surface area contributed by atoms with Gasteiger partial charge in [-0.05, 0) is 17.7 Å². The minimum Gasteiger partial charge on any atom is -0.311 e. The molecule has 0 aromatic heterocycles. The number of carbonyl (C=O) groups excluding carboxylic acids is 1. The first-order valence-corrected chi connectivity index (χ1v) is 5.54. The van der Waals surface area contributed by atoms with Gasteiger partial charge in [-0.3, -0.25) is 4.79 Å². The second kappa shape index (κ2) is 4.54. The monoisotopic (exact) mass is 234 g/mol. The van der Waals surface area contributed by atoms with E-state index < -0.39 is 0 Å². The fraction of sp³-hybridized carbons (Fsp3) is 0.333. The Bertz CT molecular complexity index is 435. The van der Waals surface area contributed by atoms with Crippen LogP contribution in [0.3, 0.4) is 0 Å². The Kier molecular flexibility index (Phi) is 3.12. The molecule has 0 spiro atoms. The van der Waals surface area contributed by atoms with Crippen LogP contribution >= 0.6 is 11.6 Å². The van der Waals surface area contributed by atoms with Crippen molar-refractivity contribution in [2.45, 2.75) is 18.2 Å².